The lowest BCUT2D eigenvalue weighted by atomic mass is 9.48. The number of thioether (sulfide) groups is 1. The van der Waals surface area contributed by atoms with Crippen molar-refractivity contribution in [3.63, 3.8) is 0 Å². The third kappa shape index (κ3) is 2.68. The Morgan fingerprint density at radius 2 is 1.74 bits per heavy atom. The van der Waals surface area contributed by atoms with E-state index in [2.05, 4.69) is 18.5 Å². The lowest BCUT2D eigenvalue weighted by Crippen LogP contribution is -2.55. The van der Waals surface area contributed by atoms with Crippen LogP contribution in [0.3, 0.4) is 0 Å². The Hall–Kier alpha value is -0.180. The van der Waals surface area contributed by atoms with Crippen molar-refractivity contribution >= 4 is 17.7 Å². The van der Waals surface area contributed by atoms with Crippen LogP contribution in [0.5, 0.6) is 0 Å². The van der Waals surface area contributed by atoms with E-state index in [1.165, 1.54) is 38.5 Å². The van der Waals surface area contributed by atoms with Gasteiger partial charge < -0.3 is 5.32 Å². The zero-order valence-electron chi connectivity index (χ0n) is 12.3. The van der Waals surface area contributed by atoms with E-state index in [0.717, 1.165) is 23.5 Å². The fourth-order valence-corrected chi connectivity index (χ4v) is 5.76. The monoisotopic (exact) mass is 281 g/mol. The minimum atomic E-state index is 0.262. The summed E-state index contributed by atoms with van der Waals surface area (Å²) in [5.41, 5.74) is 0.448. The van der Waals surface area contributed by atoms with Gasteiger partial charge in [0.25, 0.3) is 0 Å². The van der Waals surface area contributed by atoms with Crippen molar-refractivity contribution in [1.82, 2.24) is 5.32 Å². The van der Waals surface area contributed by atoms with Crippen LogP contribution in [0, 0.1) is 23.2 Å². The lowest BCUT2D eigenvalue weighted by Gasteiger charge is -2.59. The molecule has 0 aliphatic heterocycles. The molecule has 1 unspecified atom stereocenters. The largest absolute Gasteiger partial charge is 0.353 e. The highest BCUT2D eigenvalue weighted by Gasteiger charge is 2.53. The summed E-state index contributed by atoms with van der Waals surface area (Å²) in [4.78, 5) is 12.0. The molecule has 1 amide bonds. The molecule has 4 fully saturated rings. The highest BCUT2D eigenvalue weighted by Crippen LogP contribution is 2.61. The first-order chi connectivity index (χ1) is 9.11. The maximum Gasteiger partial charge on any atom is 0.221 e. The zero-order valence-corrected chi connectivity index (χ0v) is 13.1. The fourth-order valence-electron chi connectivity index (χ4n) is 5.37. The molecule has 1 atom stereocenters. The first kappa shape index (κ1) is 13.8. The molecule has 4 bridgehead atoms. The normalized spacial score (nSPS) is 41.3. The summed E-state index contributed by atoms with van der Waals surface area (Å²) in [6.45, 7) is 2.27. The Labute approximate surface area is 121 Å². The van der Waals surface area contributed by atoms with Gasteiger partial charge >= 0.3 is 0 Å². The Morgan fingerprint density at radius 3 is 2.21 bits per heavy atom. The lowest BCUT2D eigenvalue weighted by molar-refractivity contribution is -0.125. The van der Waals surface area contributed by atoms with Gasteiger partial charge in [0.15, 0.2) is 0 Å². The Morgan fingerprint density at radius 1 is 1.21 bits per heavy atom. The molecule has 4 saturated carbocycles. The van der Waals surface area contributed by atoms with Gasteiger partial charge in [0.2, 0.25) is 5.91 Å². The predicted molar refractivity (Wildman–Crippen MR) is 81.2 cm³/mol. The van der Waals surface area contributed by atoms with Crippen LogP contribution < -0.4 is 5.32 Å². The Bertz CT molecular complexity index is 319. The Kier molecular flexibility index (Phi) is 3.85. The zero-order chi connectivity index (χ0) is 13.5. The predicted octanol–water partition coefficient (Wildman–Crippen LogP) is 3.46. The second kappa shape index (κ2) is 5.31. The van der Waals surface area contributed by atoms with E-state index in [9.17, 15) is 4.79 Å². The topological polar surface area (TPSA) is 29.1 Å². The number of carbonyl (C=O) groups excluding carboxylic acids is 1. The van der Waals surface area contributed by atoms with Crippen LogP contribution in [0.15, 0.2) is 0 Å². The van der Waals surface area contributed by atoms with E-state index in [4.69, 9.17) is 0 Å². The van der Waals surface area contributed by atoms with Crippen molar-refractivity contribution in [3.05, 3.63) is 0 Å². The quantitative estimate of drug-likeness (QED) is 0.836. The van der Waals surface area contributed by atoms with Crippen molar-refractivity contribution in [2.45, 2.75) is 57.9 Å². The average Bonchev–Trinajstić information content (AvgIpc) is 2.34. The van der Waals surface area contributed by atoms with Crippen molar-refractivity contribution < 1.29 is 4.79 Å². The molecule has 19 heavy (non-hydrogen) atoms. The van der Waals surface area contributed by atoms with Crippen LogP contribution >= 0.6 is 11.8 Å². The van der Waals surface area contributed by atoms with Crippen molar-refractivity contribution in [1.29, 1.82) is 0 Å². The fraction of sp³-hybridized carbons (Fsp3) is 0.938. The van der Waals surface area contributed by atoms with Gasteiger partial charge in [0, 0.05) is 18.2 Å². The molecular weight excluding hydrogens is 254 g/mol. The molecule has 0 saturated heterocycles. The molecule has 1 N–H and O–H groups in total. The number of hydrogen-bond donors (Lipinski definition) is 1. The molecule has 3 heteroatoms. The SMILES string of the molecule is CSCCC(=O)NC(C)C12CC3CC(CC(C3)C1)C2. The second-order valence-electron chi connectivity index (χ2n) is 7.31. The maximum atomic E-state index is 12.0. The minimum absolute atomic E-state index is 0.262. The summed E-state index contributed by atoms with van der Waals surface area (Å²) < 4.78 is 0. The third-order valence-electron chi connectivity index (χ3n) is 5.91. The van der Waals surface area contributed by atoms with E-state index in [-0.39, 0.29) is 5.91 Å². The summed E-state index contributed by atoms with van der Waals surface area (Å²) in [5.74, 6) is 4.11. The Balaban J connectivity index is 1.63. The van der Waals surface area contributed by atoms with Gasteiger partial charge in [-0.25, -0.2) is 0 Å². The molecule has 4 aliphatic carbocycles. The molecule has 0 aromatic carbocycles. The molecule has 4 aliphatic rings. The average molecular weight is 281 g/mol. The van der Waals surface area contributed by atoms with Crippen LogP contribution in [0.1, 0.15) is 51.9 Å². The summed E-state index contributed by atoms with van der Waals surface area (Å²) >= 11 is 1.76. The number of nitrogens with one attached hydrogen (secondary N) is 1. The summed E-state index contributed by atoms with van der Waals surface area (Å²) in [6, 6.07) is 0.384. The van der Waals surface area contributed by atoms with Crippen LogP contribution in [0.4, 0.5) is 0 Å². The van der Waals surface area contributed by atoms with Gasteiger partial charge in [-0.2, -0.15) is 11.8 Å². The van der Waals surface area contributed by atoms with Crippen LogP contribution in [0.25, 0.3) is 0 Å². The first-order valence-electron chi connectivity index (χ1n) is 7.89. The van der Waals surface area contributed by atoms with Crippen LogP contribution in [0.2, 0.25) is 0 Å². The highest BCUT2D eigenvalue weighted by atomic mass is 32.2. The highest BCUT2D eigenvalue weighted by molar-refractivity contribution is 7.98. The molecule has 4 rings (SSSR count). The van der Waals surface area contributed by atoms with Gasteiger partial charge in [-0.1, -0.05) is 0 Å². The van der Waals surface area contributed by atoms with E-state index in [1.807, 2.05) is 0 Å². The molecule has 0 radical (unpaired) electrons. The van der Waals surface area contributed by atoms with Crippen LogP contribution in [-0.2, 0) is 4.79 Å². The summed E-state index contributed by atoms with van der Waals surface area (Å²) in [6.07, 6.45) is 11.3. The van der Waals surface area contributed by atoms with Crippen LogP contribution in [-0.4, -0.2) is 24.0 Å². The van der Waals surface area contributed by atoms with Crippen molar-refractivity contribution in [2.24, 2.45) is 23.2 Å². The van der Waals surface area contributed by atoms with Crippen molar-refractivity contribution in [3.8, 4) is 0 Å². The van der Waals surface area contributed by atoms with Crippen molar-refractivity contribution in [2.75, 3.05) is 12.0 Å². The van der Waals surface area contributed by atoms with E-state index < -0.39 is 0 Å². The second-order valence-corrected chi connectivity index (χ2v) is 8.30. The molecule has 2 nitrogen and oxygen atoms in total. The molecular formula is C16H27NOS. The maximum absolute atomic E-state index is 12.0. The number of rotatable bonds is 5. The standard InChI is InChI=1S/C16H27NOS/c1-11(17-15(18)3-4-19-2)16-8-12-5-13(9-16)7-14(6-12)10-16/h11-14H,3-10H2,1-2H3,(H,17,18). The molecule has 0 aromatic rings. The van der Waals surface area contributed by atoms with Gasteiger partial charge in [-0.3, -0.25) is 4.79 Å². The van der Waals surface area contributed by atoms with Gasteiger partial charge in [-0.05, 0) is 74.9 Å². The smallest absolute Gasteiger partial charge is 0.221 e. The van der Waals surface area contributed by atoms with E-state index in [1.54, 1.807) is 11.8 Å². The third-order valence-corrected chi connectivity index (χ3v) is 6.53. The minimum Gasteiger partial charge on any atom is -0.353 e. The summed E-state index contributed by atoms with van der Waals surface area (Å²) in [5, 5.41) is 3.32. The number of amides is 1. The molecule has 108 valence electrons. The molecule has 0 heterocycles. The van der Waals surface area contributed by atoms with E-state index >= 15 is 0 Å². The summed E-state index contributed by atoms with van der Waals surface area (Å²) in [7, 11) is 0. The number of carbonyl (C=O) groups is 1. The van der Waals surface area contributed by atoms with E-state index in [0.29, 0.717) is 17.9 Å². The number of hydrogen-bond acceptors (Lipinski definition) is 2. The van der Waals surface area contributed by atoms with Gasteiger partial charge in [-0.15, -0.1) is 0 Å². The van der Waals surface area contributed by atoms with Gasteiger partial charge in [0.05, 0.1) is 0 Å². The molecule has 0 aromatic heterocycles. The molecule has 0 spiro atoms. The van der Waals surface area contributed by atoms with Gasteiger partial charge in [0.1, 0.15) is 0 Å². The first-order valence-corrected chi connectivity index (χ1v) is 9.29.